The van der Waals surface area contributed by atoms with Crippen molar-refractivity contribution < 1.29 is 9.53 Å². The van der Waals surface area contributed by atoms with E-state index in [4.69, 9.17) is 10.5 Å². The Kier molecular flexibility index (Phi) is 6.31. The van der Waals surface area contributed by atoms with Crippen LogP contribution in [0.3, 0.4) is 0 Å². The molecule has 3 atom stereocenters. The molecule has 3 unspecified atom stereocenters. The van der Waals surface area contributed by atoms with Gasteiger partial charge in [0.1, 0.15) is 0 Å². The van der Waals surface area contributed by atoms with E-state index in [0.717, 1.165) is 44.2 Å². The van der Waals surface area contributed by atoms with E-state index in [9.17, 15) is 4.79 Å². The molecule has 3 rings (SSSR count). The Labute approximate surface area is 144 Å². The molecule has 0 bridgehead atoms. The molecule has 1 heterocycles. The number of carbonyl (C=O) groups is 1. The van der Waals surface area contributed by atoms with Gasteiger partial charge in [-0.25, -0.2) is 0 Å². The van der Waals surface area contributed by atoms with E-state index in [1.807, 2.05) is 12.1 Å². The van der Waals surface area contributed by atoms with Crippen molar-refractivity contribution in [3.8, 4) is 0 Å². The number of benzene rings is 1. The van der Waals surface area contributed by atoms with Crippen LogP contribution in [0.15, 0.2) is 18.2 Å². The number of carbonyl (C=O) groups excluding carboxylic acids is 1. The highest BCUT2D eigenvalue weighted by Crippen LogP contribution is 2.31. The van der Waals surface area contributed by atoms with E-state index in [2.05, 4.69) is 18.3 Å². The van der Waals surface area contributed by atoms with Crippen LogP contribution in [0.1, 0.15) is 62.6 Å². The normalized spacial score (nSPS) is 26.2. The molecule has 128 valence electrons. The lowest BCUT2D eigenvalue weighted by atomic mass is 9.87. The molecule has 3 N–H and O–H groups in total. The molecule has 1 saturated heterocycles. The minimum absolute atomic E-state index is 0. The summed E-state index contributed by atoms with van der Waals surface area (Å²) in [6, 6.07) is 6.18. The molecule has 0 aromatic heterocycles. The largest absolute Gasteiger partial charge is 0.399 e. The summed E-state index contributed by atoms with van der Waals surface area (Å²) in [7, 11) is 0. The molecule has 23 heavy (non-hydrogen) atoms. The van der Waals surface area contributed by atoms with Gasteiger partial charge in [-0.3, -0.25) is 4.79 Å². The molecule has 0 spiro atoms. The molecule has 1 aromatic carbocycles. The third-order valence-electron chi connectivity index (χ3n) is 4.83. The second-order valence-electron chi connectivity index (χ2n) is 6.66. The first-order valence-electron chi connectivity index (χ1n) is 8.45. The Balaban J connectivity index is 0.00000192. The minimum Gasteiger partial charge on any atom is -0.399 e. The van der Waals surface area contributed by atoms with Crippen LogP contribution in [-0.2, 0) is 16.0 Å². The summed E-state index contributed by atoms with van der Waals surface area (Å²) in [6.07, 6.45) is 7.37. The smallest absolute Gasteiger partial charge is 0.220 e. The summed E-state index contributed by atoms with van der Waals surface area (Å²) >= 11 is 0. The Morgan fingerprint density at radius 2 is 2.17 bits per heavy atom. The van der Waals surface area contributed by atoms with Crippen LogP contribution in [0.4, 0.5) is 5.69 Å². The van der Waals surface area contributed by atoms with Gasteiger partial charge < -0.3 is 15.8 Å². The van der Waals surface area contributed by atoms with Crippen LogP contribution in [-0.4, -0.2) is 18.1 Å². The summed E-state index contributed by atoms with van der Waals surface area (Å²) in [6.45, 7) is 2.10. The van der Waals surface area contributed by atoms with E-state index < -0.39 is 0 Å². The summed E-state index contributed by atoms with van der Waals surface area (Å²) in [5.41, 5.74) is 9.18. The van der Waals surface area contributed by atoms with Crippen LogP contribution >= 0.6 is 12.4 Å². The fourth-order valence-electron chi connectivity index (χ4n) is 3.64. The number of ether oxygens (including phenoxy) is 1. The molecule has 1 aliphatic carbocycles. The molecule has 1 aliphatic heterocycles. The SMILES string of the molecule is CC1CCC(CCC(=O)NC2CCCc3cc(N)ccc32)O1.Cl. The Morgan fingerprint density at radius 1 is 1.35 bits per heavy atom. The number of nitrogen functional groups attached to an aromatic ring is 1. The van der Waals surface area contributed by atoms with Crippen molar-refractivity contribution in [3.05, 3.63) is 29.3 Å². The maximum Gasteiger partial charge on any atom is 0.220 e. The topological polar surface area (TPSA) is 64.4 Å². The fourth-order valence-corrected chi connectivity index (χ4v) is 3.64. The van der Waals surface area contributed by atoms with Crippen LogP contribution < -0.4 is 11.1 Å². The van der Waals surface area contributed by atoms with Crippen LogP contribution in [0.2, 0.25) is 0 Å². The van der Waals surface area contributed by atoms with Gasteiger partial charge in [-0.2, -0.15) is 0 Å². The fraction of sp³-hybridized carbons (Fsp3) is 0.611. The average Bonchev–Trinajstić information content (AvgIpc) is 2.91. The van der Waals surface area contributed by atoms with Crippen molar-refractivity contribution in [2.24, 2.45) is 0 Å². The number of hydrogen-bond acceptors (Lipinski definition) is 3. The third kappa shape index (κ3) is 4.61. The first kappa shape index (κ1) is 18.1. The number of amides is 1. The molecule has 0 saturated carbocycles. The molecule has 2 aliphatic rings. The lowest BCUT2D eigenvalue weighted by Gasteiger charge is -2.27. The lowest BCUT2D eigenvalue weighted by Crippen LogP contribution is -2.31. The van der Waals surface area contributed by atoms with E-state index in [1.54, 1.807) is 0 Å². The quantitative estimate of drug-likeness (QED) is 0.825. The lowest BCUT2D eigenvalue weighted by molar-refractivity contribution is -0.122. The molecule has 1 aromatic rings. The van der Waals surface area contributed by atoms with Crippen molar-refractivity contribution in [1.29, 1.82) is 0 Å². The standard InChI is InChI=1S/C18H26N2O2.ClH/c1-12-5-7-15(22-12)8-10-18(21)20-17-4-2-3-13-11-14(19)6-9-16(13)17;/h6,9,11-12,15,17H,2-5,7-8,10,19H2,1H3,(H,20,21);1H. The number of nitrogens with one attached hydrogen (secondary N) is 1. The number of halogens is 1. The molecular weight excluding hydrogens is 312 g/mol. The minimum atomic E-state index is 0. The Hall–Kier alpha value is -1.26. The Bertz CT molecular complexity index is 550. The van der Waals surface area contributed by atoms with E-state index in [1.165, 1.54) is 11.1 Å². The number of rotatable bonds is 4. The van der Waals surface area contributed by atoms with Crippen molar-refractivity contribution >= 4 is 24.0 Å². The number of hydrogen-bond donors (Lipinski definition) is 2. The second kappa shape index (κ2) is 8.02. The van der Waals surface area contributed by atoms with Gasteiger partial charge in [-0.1, -0.05) is 6.07 Å². The summed E-state index contributed by atoms with van der Waals surface area (Å²) in [4.78, 5) is 12.2. The molecular formula is C18H27ClN2O2. The van der Waals surface area contributed by atoms with Gasteiger partial charge in [0.2, 0.25) is 5.91 Å². The van der Waals surface area contributed by atoms with E-state index >= 15 is 0 Å². The van der Waals surface area contributed by atoms with Gasteiger partial charge in [-0.15, -0.1) is 12.4 Å². The molecule has 4 nitrogen and oxygen atoms in total. The highest BCUT2D eigenvalue weighted by Gasteiger charge is 2.24. The van der Waals surface area contributed by atoms with Crippen molar-refractivity contribution in [2.75, 3.05) is 5.73 Å². The Morgan fingerprint density at radius 3 is 2.91 bits per heavy atom. The molecule has 5 heteroatoms. The first-order valence-corrected chi connectivity index (χ1v) is 8.45. The van der Waals surface area contributed by atoms with Crippen molar-refractivity contribution in [1.82, 2.24) is 5.32 Å². The number of anilines is 1. The van der Waals surface area contributed by atoms with Gasteiger partial charge in [0, 0.05) is 12.1 Å². The second-order valence-corrected chi connectivity index (χ2v) is 6.66. The molecule has 1 fully saturated rings. The van der Waals surface area contributed by atoms with Crippen LogP contribution in [0, 0.1) is 0 Å². The monoisotopic (exact) mass is 338 g/mol. The zero-order chi connectivity index (χ0) is 15.5. The third-order valence-corrected chi connectivity index (χ3v) is 4.83. The highest BCUT2D eigenvalue weighted by molar-refractivity contribution is 5.85. The zero-order valence-corrected chi connectivity index (χ0v) is 14.5. The number of fused-ring (bicyclic) bond motifs is 1. The van der Waals surface area contributed by atoms with Crippen molar-refractivity contribution in [2.45, 2.75) is 70.1 Å². The maximum absolute atomic E-state index is 12.2. The summed E-state index contributed by atoms with van der Waals surface area (Å²) in [5.74, 6) is 0.137. The predicted molar refractivity (Wildman–Crippen MR) is 94.7 cm³/mol. The molecule has 0 radical (unpaired) electrons. The predicted octanol–water partition coefficient (Wildman–Crippen LogP) is 3.53. The maximum atomic E-state index is 12.2. The first-order chi connectivity index (χ1) is 10.6. The summed E-state index contributed by atoms with van der Waals surface area (Å²) in [5, 5.41) is 3.19. The summed E-state index contributed by atoms with van der Waals surface area (Å²) < 4.78 is 5.78. The van der Waals surface area contributed by atoms with Gasteiger partial charge >= 0.3 is 0 Å². The van der Waals surface area contributed by atoms with Crippen LogP contribution in [0.5, 0.6) is 0 Å². The number of nitrogens with two attached hydrogens (primary N) is 1. The average molecular weight is 339 g/mol. The van der Waals surface area contributed by atoms with Crippen molar-refractivity contribution in [3.63, 3.8) is 0 Å². The number of aryl methyl sites for hydroxylation is 1. The van der Waals surface area contributed by atoms with Gasteiger partial charge in [0.05, 0.1) is 18.2 Å². The van der Waals surface area contributed by atoms with Gasteiger partial charge in [0.25, 0.3) is 0 Å². The van der Waals surface area contributed by atoms with E-state index in [-0.39, 0.29) is 30.5 Å². The van der Waals surface area contributed by atoms with Crippen LogP contribution in [0.25, 0.3) is 0 Å². The van der Waals surface area contributed by atoms with Gasteiger partial charge in [-0.05, 0) is 68.7 Å². The van der Waals surface area contributed by atoms with E-state index in [0.29, 0.717) is 12.5 Å². The zero-order valence-electron chi connectivity index (χ0n) is 13.7. The highest BCUT2D eigenvalue weighted by atomic mass is 35.5. The van der Waals surface area contributed by atoms with Gasteiger partial charge in [0.15, 0.2) is 0 Å². The molecule has 1 amide bonds.